The molecular weight excluding hydrogens is 290 g/mol. The molecule has 2 rings (SSSR count). The number of carbonyl (C=O) groups is 3. The maximum absolute atomic E-state index is 12.0. The van der Waals surface area contributed by atoms with Crippen LogP contribution in [0.5, 0.6) is 0 Å². The minimum absolute atomic E-state index is 0.188. The fourth-order valence-electron chi connectivity index (χ4n) is 2.29. The predicted molar refractivity (Wildman–Crippen MR) is 74.2 cm³/mol. The minimum atomic E-state index is -0.683. The second-order valence-electron chi connectivity index (χ2n) is 5.10. The molecule has 8 heteroatoms. The fourth-order valence-corrected chi connectivity index (χ4v) is 2.29. The van der Waals surface area contributed by atoms with Gasteiger partial charge in [-0.25, -0.2) is 4.79 Å². The molecule has 0 spiro atoms. The third-order valence-corrected chi connectivity index (χ3v) is 3.54. The van der Waals surface area contributed by atoms with Crippen LogP contribution in [-0.4, -0.2) is 42.4 Å². The third kappa shape index (κ3) is 3.94. The zero-order chi connectivity index (χ0) is 16.1. The lowest BCUT2D eigenvalue weighted by molar-refractivity contribution is -0.605. The van der Waals surface area contributed by atoms with Crippen molar-refractivity contribution in [3.8, 4) is 0 Å². The van der Waals surface area contributed by atoms with Crippen molar-refractivity contribution < 1.29 is 23.9 Å². The molecule has 1 aromatic rings. The molecule has 0 bridgehead atoms. The molecule has 1 atom stereocenters. The number of esters is 1. The van der Waals surface area contributed by atoms with Crippen molar-refractivity contribution in [2.24, 2.45) is 11.7 Å². The van der Waals surface area contributed by atoms with Crippen molar-refractivity contribution in [2.75, 3.05) is 19.7 Å². The fraction of sp³-hybridized carbons (Fsp3) is 0.429. The van der Waals surface area contributed by atoms with Gasteiger partial charge in [0.1, 0.15) is 0 Å². The lowest BCUT2D eigenvalue weighted by atomic mass is 9.97. The molecule has 22 heavy (non-hydrogen) atoms. The van der Waals surface area contributed by atoms with E-state index in [-0.39, 0.29) is 23.9 Å². The number of hydrogen-bond donors (Lipinski definition) is 1. The summed E-state index contributed by atoms with van der Waals surface area (Å²) < 4.78 is 5.46. The van der Waals surface area contributed by atoms with E-state index in [1.165, 1.54) is 29.4 Å². The summed E-state index contributed by atoms with van der Waals surface area (Å²) in [4.78, 5) is 36.4. The number of likely N-dealkylation sites (tertiary alicyclic amines) is 1. The van der Waals surface area contributed by atoms with Gasteiger partial charge in [-0.15, -0.1) is 0 Å². The van der Waals surface area contributed by atoms with Crippen molar-refractivity contribution >= 4 is 17.8 Å². The van der Waals surface area contributed by atoms with Gasteiger partial charge in [-0.3, -0.25) is 9.59 Å². The Morgan fingerprint density at radius 3 is 2.68 bits per heavy atom. The van der Waals surface area contributed by atoms with E-state index in [0.29, 0.717) is 24.1 Å². The van der Waals surface area contributed by atoms with Crippen LogP contribution in [0, 0.1) is 11.1 Å². The van der Waals surface area contributed by atoms with E-state index in [1.54, 1.807) is 0 Å². The topological polar surface area (TPSA) is 117 Å². The Labute approximate surface area is 127 Å². The van der Waals surface area contributed by atoms with Gasteiger partial charge in [-0.2, -0.15) is 4.73 Å². The maximum Gasteiger partial charge on any atom is 0.339 e. The Balaban J connectivity index is 1.85. The average Bonchev–Trinajstić information content (AvgIpc) is 2.53. The second-order valence-corrected chi connectivity index (χ2v) is 5.10. The monoisotopic (exact) mass is 307 g/mol. The molecule has 1 aliphatic heterocycles. The number of rotatable bonds is 4. The van der Waals surface area contributed by atoms with Crippen LogP contribution in [0.4, 0.5) is 0 Å². The summed E-state index contributed by atoms with van der Waals surface area (Å²) in [6, 6.07) is 2.62. The highest BCUT2D eigenvalue weighted by molar-refractivity contribution is 5.91. The van der Waals surface area contributed by atoms with Gasteiger partial charge in [-0.05, 0) is 12.8 Å². The highest BCUT2D eigenvalue weighted by Crippen LogP contribution is 2.16. The lowest BCUT2D eigenvalue weighted by Crippen LogP contribution is -2.45. The van der Waals surface area contributed by atoms with Gasteiger partial charge in [0.05, 0.1) is 11.5 Å². The molecule has 8 nitrogen and oxygen atoms in total. The van der Waals surface area contributed by atoms with Gasteiger partial charge in [-0.1, -0.05) is 0 Å². The maximum atomic E-state index is 12.0. The summed E-state index contributed by atoms with van der Waals surface area (Å²) in [6.45, 7) is 0.367. The van der Waals surface area contributed by atoms with Gasteiger partial charge >= 0.3 is 5.97 Å². The summed E-state index contributed by atoms with van der Waals surface area (Å²) in [5, 5.41) is 10.9. The van der Waals surface area contributed by atoms with Crippen LogP contribution in [0.3, 0.4) is 0 Å². The number of aromatic nitrogens is 1. The molecule has 0 saturated carbocycles. The number of hydrogen-bond acceptors (Lipinski definition) is 5. The number of piperidine rings is 1. The Morgan fingerprint density at radius 2 is 2.05 bits per heavy atom. The predicted octanol–water partition coefficient (Wildman–Crippen LogP) is -0.799. The SMILES string of the molecule is NC(=O)[C@@H]1CCCN(C(=O)COC(=O)c2cc[n+]([O-])cc2)C1. The van der Waals surface area contributed by atoms with Gasteiger partial charge in [0.2, 0.25) is 5.91 Å². The van der Waals surface area contributed by atoms with E-state index < -0.39 is 18.5 Å². The Bertz CT molecular complexity index is 572. The zero-order valence-corrected chi connectivity index (χ0v) is 11.9. The largest absolute Gasteiger partial charge is 0.619 e. The molecular formula is C14H17N3O5. The van der Waals surface area contributed by atoms with E-state index in [2.05, 4.69) is 0 Å². The first-order valence-electron chi connectivity index (χ1n) is 6.90. The Hall–Kier alpha value is -2.64. The molecule has 118 valence electrons. The first kappa shape index (κ1) is 15.7. The number of primary amides is 1. The number of carbonyl (C=O) groups excluding carboxylic acids is 3. The highest BCUT2D eigenvalue weighted by atomic mass is 16.5. The van der Waals surface area contributed by atoms with Crippen LogP contribution in [0.1, 0.15) is 23.2 Å². The normalized spacial score (nSPS) is 17.8. The standard InChI is InChI=1S/C14H17N3O5/c15-13(19)11-2-1-5-16(8-11)12(18)9-22-14(20)10-3-6-17(21)7-4-10/h3-4,6-7,11H,1-2,5,8-9H2,(H2,15,19)/t11-/m1/s1. The summed E-state index contributed by atoms with van der Waals surface area (Å²) in [5.74, 6) is -1.83. The molecule has 2 N–H and O–H groups in total. The van der Waals surface area contributed by atoms with Crippen LogP contribution < -0.4 is 10.5 Å². The second kappa shape index (κ2) is 6.88. The molecule has 0 radical (unpaired) electrons. The van der Waals surface area contributed by atoms with Crippen LogP contribution >= 0.6 is 0 Å². The van der Waals surface area contributed by atoms with Gasteiger partial charge in [0, 0.05) is 25.2 Å². The zero-order valence-electron chi connectivity index (χ0n) is 11.9. The number of ether oxygens (including phenoxy) is 1. The van der Waals surface area contributed by atoms with Crippen LogP contribution in [0.15, 0.2) is 24.5 Å². The van der Waals surface area contributed by atoms with Crippen molar-refractivity contribution in [3.63, 3.8) is 0 Å². The van der Waals surface area contributed by atoms with Crippen molar-refractivity contribution in [3.05, 3.63) is 35.3 Å². The molecule has 1 aliphatic rings. The first-order chi connectivity index (χ1) is 10.5. The Kier molecular flexibility index (Phi) is 4.92. The summed E-state index contributed by atoms with van der Waals surface area (Å²) >= 11 is 0. The molecule has 0 aliphatic carbocycles. The molecule has 0 aromatic carbocycles. The van der Waals surface area contributed by atoms with Crippen molar-refractivity contribution in [1.82, 2.24) is 4.90 Å². The van der Waals surface area contributed by atoms with Gasteiger partial charge in [0.15, 0.2) is 19.0 Å². The van der Waals surface area contributed by atoms with E-state index in [4.69, 9.17) is 10.5 Å². The number of amides is 2. The molecule has 1 fully saturated rings. The number of nitrogens with zero attached hydrogens (tertiary/aromatic N) is 2. The van der Waals surface area contributed by atoms with Crippen molar-refractivity contribution in [1.29, 1.82) is 0 Å². The Morgan fingerprint density at radius 1 is 1.36 bits per heavy atom. The quantitative estimate of drug-likeness (QED) is 0.444. The van der Waals surface area contributed by atoms with E-state index >= 15 is 0 Å². The van der Waals surface area contributed by atoms with E-state index in [9.17, 15) is 19.6 Å². The van der Waals surface area contributed by atoms with Gasteiger partial charge in [0.25, 0.3) is 5.91 Å². The molecule has 1 saturated heterocycles. The van der Waals surface area contributed by atoms with Crippen LogP contribution in [0.2, 0.25) is 0 Å². The van der Waals surface area contributed by atoms with E-state index in [0.717, 1.165) is 0 Å². The molecule has 0 unspecified atom stereocenters. The average molecular weight is 307 g/mol. The smallest absolute Gasteiger partial charge is 0.339 e. The summed E-state index contributed by atoms with van der Waals surface area (Å²) in [6.07, 6.45) is 3.69. The minimum Gasteiger partial charge on any atom is -0.619 e. The summed E-state index contributed by atoms with van der Waals surface area (Å²) in [7, 11) is 0. The van der Waals surface area contributed by atoms with Gasteiger partial charge < -0.3 is 20.6 Å². The molecule has 2 heterocycles. The summed E-state index contributed by atoms with van der Waals surface area (Å²) in [5.41, 5.74) is 5.44. The molecule has 2 amide bonds. The van der Waals surface area contributed by atoms with E-state index in [1.807, 2.05) is 0 Å². The van der Waals surface area contributed by atoms with Crippen molar-refractivity contribution in [2.45, 2.75) is 12.8 Å². The number of pyridine rings is 1. The highest BCUT2D eigenvalue weighted by Gasteiger charge is 2.27. The molecule has 1 aromatic heterocycles. The number of nitrogens with two attached hydrogens (primary N) is 1. The van der Waals surface area contributed by atoms with Crippen LogP contribution in [0.25, 0.3) is 0 Å². The third-order valence-electron chi connectivity index (χ3n) is 3.54. The first-order valence-corrected chi connectivity index (χ1v) is 6.90. The van der Waals surface area contributed by atoms with Crippen LogP contribution in [-0.2, 0) is 14.3 Å². The lowest BCUT2D eigenvalue weighted by Gasteiger charge is -2.31.